The average Bonchev–Trinajstić information content (AvgIpc) is 2.27. The van der Waals surface area contributed by atoms with E-state index in [1.165, 1.54) is 10.0 Å². The first-order valence-electron chi connectivity index (χ1n) is 4.80. The van der Waals surface area contributed by atoms with E-state index in [2.05, 4.69) is 0 Å². The Morgan fingerprint density at radius 1 is 1.40 bits per heavy atom. The van der Waals surface area contributed by atoms with Gasteiger partial charge >= 0.3 is 95.3 Å². The van der Waals surface area contributed by atoms with Crippen molar-refractivity contribution < 1.29 is 14.6 Å². The Hall–Kier alpha value is -0.701. The van der Waals surface area contributed by atoms with E-state index < -0.39 is 0 Å². The van der Waals surface area contributed by atoms with E-state index in [0.29, 0.717) is 26.8 Å². The number of rotatable bonds is 2. The molecule has 0 aromatic heterocycles. The fourth-order valence-corrected chi connectivity index (χ4v) is 4.08. The fourth-order valence-electron chi connectivity index (χ4n) is 1.69. The number of methoxy groups -OCH3 is 2. The third kappa shape index (κ3) is 2.12. The SMILES string of the molecule is COc1cc2c(cc1O)[Se]CC(OC)C2. The van der Waals surface area contributed by atoms with Crippen molar-refractivity contribution in [3.05, 3.63) is 17.7 Å². The van der Waals surface area contributed by atoms with E-state index in [1.807, 2.05) is 12.1 Å². The summed E-state index contributed by atoms with van der Waals surface area (Å²) in [5, 5.41) is 10.7. The molecule has 1 aliphatic rings. The average molecular weight is 273 g/mol. The molecule has 4 heteroatoms. The number of hydrogen-bond acceptors (Lipinski definition) is 3. The van der Waals surface area contributed by atoms with Crippen LogP contribution in [-0.4, -0.2) is 40.4 Å². The summed E-state index contributed by atoms with van der Waals surface area (Å²) < 4.78 is 11.7. The van der Waals surface area contributed by atoms with Crippen molar-refractivity contribution in [3.8, 4) is 11.5 Å². The monoisotopic (exact) mass is 274 g/mol. The minimum atomic E-state index is 0.244. The van der Waals surface area contributed by atoms with E-state index in [9.17, 15) is 5.11 Å². The van der Waals surface area contributed by atoms with Crippen LogP contribution in [0, 0.1) is 0 Å². The van der Waals surface area contributed by atoms with Gasteiger partial charge in [0, 0.05) is 0 Å². The zero-order chi connectivity index (χ0) is 10.8. The normalized spacial score (nSPS) is 19.7. The third-order valence-electron chi connectivity index (χ3n) is 2.57. The maximum absolute atomic E-state index is 9.64. The summed E-state index contributed by atoms with van der Waals surface area (Å²) in [5.41, 5.74) is 1.25. The number of fused-ring (bicyclic) bond motifs is 1. The second-order valence-corrected chi connectivity index (χ2v) is 5.73. The van der Waals surface area contributed by atoms with Gasteiger partial charge in [-0.2, -0.15) is 0 Å². The Balaban J connectivity index is 2.33. The van der Waals surface area contributed by atoms with Gasteiger partial charge in [0.15, 0.2) is 0 Å². The standard InChI is InChI=1S/C11H14O3Se/c1-13-8-3-7-4-10(14-2)9(12)5-11(7)15-6-8/h4-5,8,12H,3,6H2,1-2H3. The molecule has 0 radical (unpaired) electrons. The number of hydrogen-bond donors (Lipinski definition) is 1. The molecule has 0 aliphatic carbocycles. The molecule has 1 heterocycles. The van der Waals surface area contributed by atoms with Crippen LogP contribution < -0.4 is 9.20 Å². The molecule has 2 rings (SSSR count). The van der Waals surface area contributed by atoms with E-state index >= 15 is 0 Å². The molecule has 15 heavy (non-hydrogen) atoms. The summed E-state index contributed by atoms with van der Waals surface area (Å²) >= 11 is 0.401. The molecular weight excluding hydrogens is 259 g/mol. The van der Waals surface area contributed by atoms with Gasteiger partial charge in [0.25, 0.3) is 0 Å². The van der Waals surface area contributed by atoms with Gasteiger partial charge in [-0.3, -0.25) is 0 Å². The molecular formula is C11H14O3Se. The molecule has 1 aromatic carbocycles. The third-order valence-corrected chi connectivity index (χ3v) is 5.15. The summed E-state index contributed by atoms with van der Waals surface area (Å²) in [4.78, 5) is 0. The predicted molar refractivity (Wildman–Crippen MR) is 59.4 cm³/mol. The maximum atomic E-state index is 9.64. The van der Waals surface area contributed by atoms with Gasteiger partial charge in [-0.25, -0.2) is 0 Å². The minimum absolute atomic E-state index is 0.244. The van der Waals surface area contributed by atoms with E-state index in [1.54, 1.807) is 14.2 Å². The molecule has 1 aromatic rings. The quantitative estimate of drug-likeness (QED) is 0.807. The first-order chi connectivity index (χ1) is 7.24. The Kier molecular flexibility index (Phi) is 3.19. The van der Waals surface area contributed by atoms with Gasteiger partial charge < -0.3 is 0 Å². The van der Waals surface area contributed by atoms with Crippen LogP contribution in [0.15, 0.2) is 12.1 Å². The van der Waals surface area contributed by atoms with Crippen LogP contribution in [0.25, 0.3) is 0 Å². The molecule has 1 N–H and O–H groups in total. The summed E-state index contributed by atoms with van der Waals surface area (Å²) in [6.07, 6.45) is 1.25. The molecule has 0 saturated heterocycles. The number of aromatic hydroxyl groups is 1. The molecule has 0 amide bonds. The van der Waals surface area contributed by atoms with Crippen LogP contribution in [0.5, 0.6) is 11.5 Å². The Bertz CT molecular complexity index is 365. The Morgan fingerprint density at radius 3 is 2.87 bits per heavy atom. The van der Waals surface area contributed by atoms with Gasteiger partial charge in [0.2, 0.25) is 0 Å². The van der Waals surface area contributed by atoms with E-state index in [-0.39, 0.29) is 5.75 Å². The van der Waals surface area contributed by atoms with Crippen molar-refractivity contribution in [1.82, 2.24) is 0 Å². The summed E-state index contributed by atoms with van der Waals surface area (Å²) in [7, 11) is 3.33. The van der Waals surface area contributed by atoms with Crippen LogP contribution in [0.1, 0.15) is 5.56 Å². The Morgan fingerprint density at radius 2 is 2.20 bits per heavy atom. The number of benzene rings is 1. The zero-order valence-corrected chi connectivity index (χ0v) is 10.5. The summed E-state index contributed by atoms with van der Waals surface area (Å²) in [6, 6.07) is 3.76. The fraction of sp³-hybridized carbons (Fsp3) is 0.455. The van der Waals surface area contributed by atoms with Gasteiger partial charge in [0.1, 0.15) is 0 Å². The van der Waals surface area contributed by atoms with Crippen molar-refractivity contribution in [1.29, 1.82) is 0 Å². The van der Waals surface area contributed by atoms with Crippen LogP contribution in [0.4, 0.5) is 0 Å². The topological polar surface area (TPSA) is 38.7 Å². The molecule has 1 unspecified atom stereocenters. The molecule has 1 aliphatic heterocycles. The molecule has 1 atom stereocenters. The Labute approximate surface area is 95.6 Å². The molecule has 0 saturated carbocycles. The van der Waals surface area contributed by atoms with Crippen LogP contribution in [-0.2, 0) is 11.2 Å². The molecule has 0 spiro atoms. The van der Waals surface area contributed by atoms with Crippen LogP contribution in [0.2, 0.25) is 5.32 Å². The number of ether oxygens (including phenoxy) is 2. The first kappa shape index (κ1) is 10.8. The molecule has 82 valence electrons. The summed E-state index contributed by atoms with van der Waals surface area (Å²) in [5.74, 6) is 0.801. The van der Waals surface area contributed by atoms with Crippen LogP contribution >= 0.6 is 0 Å². The van der Waals surface area contributed by atoms with Gasteiger partial charge in [0.05, 0.1) is 0 Å². The second kappa shape index (κ2) is 4.43. The number of phenolic OH excluding ortho intramolecular Hbond substituents is 1. The van der Waals surface area contributed by atoms with Crippen molar-refractivity contribution in [3.63, 3.8) is 0 Å². The molecule has 0 fully saturated rings. The van der Waals surface area contributed by atoms with Gasteiger partial charge in [-0.1, -0.05) is 0 Å². The van der Waals surface area contributed by atoms with Crippen molar-refractivity contribution in [2.45, 2.75) is 17.8 Å². The van der Waals surface area contributed by atoms with E-state index in [4.69, 9.17) is 9.47 Å². The molecule has 3 nitrogen and oxygen atoms in total. The second-order valence-electron chi connectivity index (χ2n) is 3.50. The van der Waals surface area contributed by atoms with Crippen LogP contribution in [0.3, 0.4) is 0 Å². The predicted octanol–water partition coefficient (Wildman–Crippen LogP) is 0.720. The van der Waals surface area contributed by atoms with E-state index in [0.717, 1.165) is 11.7 Å². The zero-order valence-electron chi connectivity index (χ0n) is 8.82. The van der Waals surface area contributed by atoms with Gasteiger partial charge in [-0.05, 0) is 0 Å². The molecule has 0 bridgehead atoms. The first-order valence-corrected chi connectivity index (χ1v) is 6.87. The van der Waals surface area contributed by atoms with Gasteiger partial charge in [-0.15, -0.1) is 0 Å². The van der Waals surface area contributed by atoms with Crippen molar-refractivity contribution in [2.24, 2.45) is 0 Å². The van der Waals surface area contributed by atoms with Crippen molar-refractivity contribution >= 4 is 19.4 Å². The summed E-state index contributed by atoms with van der Waals surface area (Å²) in [6.45, 7) is 0. The van der Waals surface area contributed by atoms with Crippen molar-refractivity contribution in [2.75, 3.05) is 14.2 Å². The number of phenols is 1.